The van der Waals surface area contributed by atoms with Crippen molar-refractivity contribution < 1.29 is 9.53 Å². The minimum atomic E-state index is -0.197. The number of rotatable bonds is 4. The molecule has 0 aliphatic carbocycles. The molecule has 0 aromatic carbocycles. The molecule has 1 aromatic rings. The maximum Gasteiger partial charge on any atom is 0.251 e. The third-order valence-electron chi connectivity index (χ3n) is 1.42. The van der Waals surface area contributed by atoms with Crippen LogP contribution in [0.15, 0.2) is 22.8 Å². The average Bonchev–Trinajstić information content (AvgIpc) is 2.15. The van der Waals surface area contributed by atoms with Gasteiger partial charge < -0.3 is 10.1 Å². The lowest BCUT2D eigenvalue weighted by Crippen LogP contribution is -2.18. The molecule has 0 aliphatic rings. The quantitative estimate of drug-likeness (QED) is 0.839. The minimum Gasteiger partial charge on any atom is -0.372 e. The summed E-state index contributed by atoms with van der Waals surface area (Å²) in [7, 11) is 0. The van der Waals surface area contributed by atoms with Crippen molar-refractivity contribution >= 4 is 27.7 Å². The van der Waals surface area contributed by atoms with Crippen molar-refractivity contribution in [2.45, 2.75) is 6.92 Å². The van der Waals surface area contributed by atoms with E-state index in [-0.39, 0.29) is 12.5 Å². The molecule has 1 heterocycles. The molecule has 1 aromatic heterocycles. The van der Waals surface area contributed by atoms with Crippen LogP contribution in [0.2, 0.25) is 0 Å². The number of anilines is 1. The van der Waals surface area contributed by atoms with Gasteiger partial charge in [-0.1, -0.05) is 6.07 Å². The zero-order valence-corrected chi connectivity index (χ0v) is 9.37. The van der Waals surface area contributed by atoms with Crippen LogP contribution in [0, 0.1) is 0 Å². The van der Waals surface area contributed by atoms with E-state index in [1.54, 1.807) is 18.2 Å². The highest BCUT2D eigenvalue weighted by molar-refractivity contribution is 9.10. The lowest BCUT2D eigenvalue weighted by molar-refractivity contribution is -0.120. The van der Waals surface area contributed by atoms with Gasteiger partial charge in [0.1, 0.15) is 17.0 Å². The van der Waals surface area contributed by atoms with Gasteiger partial charge >= 0.3 is 0 Å². The molecule has 0 bridgehead atoms. The molecular formula is C9H11BrN2O2. The van der Waals surface area contributed by atoms with Crippen LogP contribution < -0.4 is 5.32 Å². The number of aromatic nitrogens is 1. The van der Waals surface area contributed by atoms with Crippen LogP contribution in [0.4, 0.5) is 5.82 Å². The molecule has 4 nitrogen and oxygen atoms in total. The van der Waals surface area contributed by atoms with Gasteiger partial charge in [0.15, 0.2) is 0 Å². The van der Waals surface area contributed by atoms with Gasteiger partial charge in [-0.05, 0) is 35.0 Å². The number of carbonyl (C=O) groups is 1. The molecule has 0 aliphatic heterocycles. The van der Waals surface area contributed by atoms with E-state index < -0.39 is 0 Å². The summed E-state index contributed by atoms with van der Waals surface area (Å²) < 4.78 is 5.63. The summed E-state index contributed by atoms with van der Waals surface area (Å²) >= 11 is 3.21. The number of hydrogen-bond donors (Lipinski definition) is 1. The maximum absolute atomic E-state index is 11.2. The van der Waals surface area contributed by atoms with Gasteiger partial charge in [-0.2, -0.15) is 0 Å². The Morgan fingerprint density at radius 2 is 2.43 bits per heavy atom. The molecule has 1 N–H and O–H groups in total. The highest BCUT2D eigenvalue weighted by Crippen LogP contribution is 2.09. The van der Waals surface area contributed by atoms with Gasteiger partial charge in [-0.3, -0.25) is 4.79 Å². The summed E-state index contributed by atoms with van der Waals surface area (Å²) in [5.41, 5.74) is 0. The first-order valence-corrected chi connectivity index (χ1v) is 5.02. The van der Waals surface area contributed by atoms with E-state index in [2.05, 4.69) is 26.2 Å². The van der Waals surface area contributed by atoms with Gasteiger partial charge in [-0.15, -0.1) is 0 Å². The number of hydrogen-bond acceptors (Lipinski definition) is 3. The molecule has 76 valence electrons. The third-order valence-corrected chi connectivity index (χ3v) is 1.86. The summed E-state index contributed by atoms with van der Waals surface area (Å²) in [6.45, 7) is 2.43. The second-order valence-corrected chi connectivity index (χ2v) is 3.34. The smallest absolute Gasteiger partial charge is 0.251 e. The van der Waals surface area contributed by atoms with Gasteiger partial charge in [0.25, 0.3) is 5.91 Å². The molecule has 5 heteroatoms. The maximum atomic E-state index is 11.2. The number of nitrogens with zero attached hydrogens (tertiary/aromatic N) is 1. The normalized spacial score (nSPS) is 9.86. The Bertz CT molecular complexity index is 317. The molecule has 1 amide bonds. The molecule has 0 unspecified atom stereocenters. The second kappa shape index (κ2) is 5.72. The van der Waals surface area contributed by atoms with Crippen LogP contribution in [-0.4, -0.2) is 24.1 Å². The van der Waals surface area contributed by atoms with Crippen molar-refractivity contribution in [2.24, 2.45) is 0 Å². The predicted molar refractivity (Wildman–Crippen MR) is 57.1 cm³/mol. The topological polar surface area (TPSA) is 51.2 Å². The van der Waals surface area contributed by atoms with E-state index in [4.69, 9.17) is 4.74 Å². The van der Waals surface area contributed by atoms with Crippen molar-refractivity contribution in [3.63, 3.8) is 0 Å². The van der Waals surface area contributed by atoms with Gasteiger partial charge in [0, 0.05) is 6.61 Å². The molecule has 1 rings (SSSR count). The molecule has 0 saturated heterocycles. The average molecular weight is 259 g/mol. The standard InChI is InChI=1S/C9H11BrN2O2/c1-2-14-6-9(13)12-8-5-3-4-7(10)11-8/h3-5H,2,6H2,1H3,(H,11,12,13). The van der Waals surface area contributed by atoms with Crippen LogP contribution in [0.1, 0.15) is 6.92 Å². The molecule has 0 spiro atoms. The van der Waals surface area contributed by atoms with Gasteiger partial charge in [0.2, 0.25) is 0 Å². The Labute approximate surface area is 90.8 Å². The highest BCUT2D eigenvalue weighted by Gasteiger charge is 2.02. The summed E-state index contributed by atoms with van der Waals surface area (Å²) in [5.74, 6) is 0.321. The Hall–Kier alpha value is -0.940. The monoisotopic (exact) mass is 258 g/mol. The molecule has 14 heavy (non-hydrogen) atoms. The number of amides is 1. The summed E-state index contributed by atoms with van der Waals surface area (Å²) in [6.07, 6.45) is 0. The first-order chi connectivity index (χ1) is 6.72. The first-order valence-electron chi connectivity index (χ1n) is 4.22. The molecule has 0 saturated carbocycles. The van der Waals surface area contributed by atoms with Crippen LogP contribution in [-0.2, 0) is 9.53 Å². The van der Waals surface area contributed by atoms with E-state index in [1.807, 2.05) is 6.92 Å². The lowest BCUT2D eigenvalue weighted by atomic mass is 10.4. The summed E-state index contributed by atoms with van der Waals surface area (Å²) in [4.78, 5) is 15.2. The van der Waals surface area contributed by atoms with Gasteiger partial charge in [-0.25, -0.2) is 4.98 Å². The fourth-order valence-corrected chi connectivity index (χ4v) is 1.20. The molecule has 0 fully saturated rings. The molecule has 0 atom stereocenters. The SMILES string of the molecule is CCOCC(=O)Nc1cccc(Br)n1. The van der Waals surface area contributed by atoms with Crippen LogP contribution in [0.25, 0.3) is 0 Å². The Morgan fingerprint density at radius 3 is 3.07 bits per heavy atom. The second-order valence-electron chi connectivity index (χ2n) is 2.53. The van der Waals surface area contributed by atoms with E-state index >= 15 is 0 Å². The van der Waals surface area contributed by atoms with E-state index in [1.165, 1.54) is 0 Å². The zero-order chi connectivity index (χ0) is 10.4. The van der Waals surface area contributed by atoms with Crippen molar-refractivity contribution in [1.29, 1.82) is 0 Å². The highest BCUT2D eigenvalue weighted by atomic mass is 79.9. The van der Waals surface area contributed by atoms with Crippen molar-refractivity contribution in [2.75, 3.05) is 18.5 Å². The fraction of sp³-hybridized carbons (Fsp3) is 0.333. The van der Waals surface area contributed by atoms with E-state index in [9.17, 15) is 4.79 Å². The number of carbonyl (C=O) groups excluding carboxylic acids is 1. The number of halogens is 1. The van der Waals surface area contributed by atoms with Crippen LogP contribution >= 0.6 is 15.9 Å². The van der Waals surface area contributed by atoms with Crippen molar-refractivity contribution in [3.8, 4) is 0 Å². The number of nitrogens with one attached hydrogen (secondary N) is 1. The largest absolute Gasteiger partial charge is 0.372 e. The van der Waals surface area contributed by atoms with Crippen LogP contribution in [0.3, 0.4) is 0 Å². The molecular weight excluding hydrogens is 248 g/mol. The van der Waals surface area contributed by atoms with Crippen molar-refractivity contribution in [1.82, 2.24) is 4.98 Å². The number of pyridine rings is 1. The number of ether oxygens (including phenoxy) is 1. The van der Waals surface area contributed by atoms with Crippen molar-refractivity contribution in [3.05, 3.63) is 22.8 Å². The minimum absolute atomic E-state index is 0.0602. The Balaban J connectivity index is 2.47. The third kappa shape index (κ3) is 3.85. The fourth-order valence-electron chi connectivity index (χ4n) is 0.852. The zero-order valence-electron chi connectivity index (χ0n) is 7.79. The van der Waals surface area contributed by atoms with Crippen LogP contribution in [0.5, 0.6) is 0 Å². The van der Waals surface area contributed by atoms with Gasteiger partial charge in [0.05, 0.1) is 0 Å². The summed E-state index contributed by atoms with van der Waals surface area (Å²) in [5, 5.41) is 2.61. The summed E-state index contributed by atoms with van der Waals surface area (Å²) in [6, 6.07) is 5.31. The lowest BCUT2D eigenvalue weighted by Gasteiger charge is -2.03. The van der Waals surface area contributed by atoms with E-state index in [0.29, 0.717) is 17.0 Å². The first kappa shape index (κ1) is 11.1. The van der Waals surface area contributed by atoms with E-state index in [0.717, 1.165) is 0 Å². The molecule has 0 radical (unpaired) electrons. The Morgan fingerprint density at radius 1 is 1.64 bits per heavy atom. The Kier molecular flexibility index (Phi) is 4.55. The predicted octanol–water partition coefficient (Wildman–Crippen LogP) is 1.82.